The predicted molar refractivity (Wildman–Crippen MR) is 192 cm³/mol. The number of methoxy groups -OCH3 is 1. The molecule has 5 atom stereocenters. The number of hydrogen-bond donors (Lipinski definition) is 5. The highest BCUT2D eigenvalue weighted by Gasteiger charge is 2.59. The molecule has 0 spiro atoms. The number of ether oxygens (including phenoxy) is 2. The number of carbonyl (C=O) groups excluding carboxylic acids is 6. The van der Waals surface area contributed by atoms with Gasteiger partial charge in [0.2, 0.25) is 23.3 Å². The normalized spacial score (nSPS) is 15.1. The van der Waals surface area contributed by atoms with Gasteiger partial charge in [-0.2, -0.15) is 13.2 Å². The molecule has 0 aliphatic heterocycles. The largest absolute Gasteiger partial charge is 0.467 e. The van der Waals surface area contributed by atoms with E-state index in [-0.39, 0.29) is 56.0 Å². The molecule has 5 amide bonds. The van der Waals surface area contributed by atoms with Gasteiger partial charge in [0, 0.05) is 0 Å². The van der Waals surface area contributed by atoms with E-state index in [0.29, 0.717) is 12.5 Å². The van der Waals surface area contributed by atoms with Crippen LogP contribution in [0.25, 0.3) is 0 Å². The van der Waals surface area contributed by atoms with Crippen molar-refractivity contribution in [3.05, 3.63) is 35.9 Å². The van der Waals surface area contributed by atoms with E-state index in [0.717, 1.165) is 7.11 Å². The van der Waals surface area contributed by atoms with Crippen molar-refractivity contribution in [2.75, 3.05) is 7.11 Å². The van der Waals surface area contributed by atoms with Gasteiger partial charge in [0.05, 0.1) is 7.11 Å². The molecule has 0 saturated heterocycles. The molecule has 53 heavy (non-hydrogen) atoms. The molecule has 1 aromatic rings. The molecule has 1 aromatic carbocycles. The van der Waals surface area contributed by atoms with Gasteiger partial charge in [0.25, 0.3) is 5.91 Å². The maximum absolute atomic E-state index is 14.7. The van der Waals surface area contributed by atoms with E-state index < -0.39 is 71.6 Å². The molecule has 0 saturated carbocycles. The molecule has 0 heterocycles. The van der Waals surface area contributed by atoms with Gasteiger partial charge >= 0.3 is 18.2 Å². The Morgan fingerprint density at radius 3 is 1.47 bits per heavy atom. The average Bonchev–Trinajstić information content (AvgIpc) is 3.04. The van der Waals surface area contributed by atoms with Crippen molar-refractivity contribution >= 4 is 35.7 Å². The second-order valence-corrected chi connectivity index (χ2v) is 15.1. The van der Waals surface area contributed by atoms with Crippen molar-refractivity contribution in [2.24, 2.45) is 23.7 Å². The number of halogens is 3. The first-order chi connectivity index (χ1) is 24.5. The van der Waals surface area contributed by atoms with E-state index in [1.54, 1.807) is 91.0 Å². The summed E-state index contributed by atoms with van der Waals surface area (Å²) in [5.41, 5.74) is -2.86. The van der Waals surface area contributed by atoms with E-state index in [2.05, 4.69) is 21.3 Å². The third kappa shape index (κ3) is 16.0. The van der Waals surface area contributed by atoms with Crippen molar-refractivity contribution in [1.82, 2.24) is 26.6 Å². The fourth-order valence-corrected chi connectivity index (χ4v) is 5.28. The van der Waals surface area contributed by atoms with Crippen LogP contribution in [-0.2, 0) is 40.1 Å². The molecule has 0 radical (unpaired) electrons. The summed E-state index contributed by atoms with van der Waals surface area (Å²) in [6, 6.07) is 3.39. The lowest BCUT2D eigenvalue weighted by Crippen LogP contribution is -2.69. The minimum absolute atomic E-state index is 0.0644. The van der Waals surface area contributed by atoms with Gasteiger partial charge in [-0.05, 0) is 61.8 Å². The first-order valence-electron chi connectivity index (χ1n) is 17.9. The molecule has 0 aromatic heterocycles. The number of nitrogens with one attached hydrogen (secondary N) is 5. The second kappa shape index (κ2) is 21.4. The lowest BCUT2D eigenvalue weighted by molar-refractivity contribution is -0.198. The summed E-state index contributed by atoms with van der Waals surface area (Å²) in [5.74, 6) is -6.34. The van der Waals surface area contributed by atoms with Crippen LogP contribution >= 0.6 is 0 Å². The summed E-state index contributed by atoms with van der Waals surface area (Å²) in [6.45, 7) is 14.3. The summed E-state index contributed by atoms with van der Waals surface area (Å²) in [7, 11) is 1.13. The summed E-state index contributed by atoms with van der Waals surface area (Å²) in [5, 5.41) is 11.3. The highest BCUT2D eigenvalue weighted by molar-refractivity contribution is 5.98. The summed E-state index contributed by atoms with van der Waals surface area (Å²) >= 11 is 0. The summed E-state index contributed by atoms with van der Waals surface area (Å²) < 4.78 is 54.2. The molecule has 0 aliphatic carbocycles. The minimum atomic E-state index is -5.37. The van der Waals surface area contributed by atoms with Crippen LogP contribution in [0.15, 0.2) is 30.3 Å². The number of esters is 1. The Bertz CT molecular complexity index is 1370. The van der Waals surface area contributed by atoms with Crippen LogP contribution in [0.1, 0.15) is 93.6 Å². The fourth-order valence-electron chi connectivity index (χ4n) is 5.28. The molecule has 13 nitrogen and oxygen atoms in total. The van der Waals surface area contributed by atoms with E-state index >= 15 is 0 Å². The molecule has 0 fully saturated rings. The van der Waals surface area contributed by atoms with Gasteiger partial charge in [-0.15, -0.1) is 0 Å². The predicted octanol–water partition coefficient (Wildman–Crippen LogP) is 4.53. The second-order valence-electron chi connectivity index (χ2n) is 15.1. The van der Waals surface area contributed by atoms with Gasteiger partial charge in [0.1, 0.15) is 30.8 Å². The number of carbonyl (C=O) groups is 6. The zero-order chi connectivity index (χ0) is 40.7. The number of rotatable bonds is 20. The number of benzene rings is 1. The van der Waals surface area contributed by atoms with E-state index in [1.807, 2.05) is 0 Å². The highest BCUT2D eigenvalue weighted by Crippen LogP contribution is 2.31. The lowest BCUT2D eigenvalue weighted by atomic mass is 9.95. The number of alkyl halides is 3. The highest BCUT2D eigenvalue weighted by atomic mass is 19.4. The zero-order valence-electron chi connectivity index (χ0n) is 32.4. The van der Waals surface area contributed by atoms with Crippen molar-refractivity contribution < 1.29 is 51.4 Å². The van der Waals surface area contributed by atoms with Gasteiger partial charge in [-0.1, -0.05) is 85.7 Å². The third-order valence-corrected chi connectivity index (χ3v) is 8.10. The Morgan fingerprint density at radius 2 is 1.04 bits per heavy atom. The number of amides is 5. The zero-order valence-corrected chi connectivity index (χ0v) is 32.4. The summed E-state index contributed by atoms with van der Waals surface area (Å²) in [4.78, 5) is 78.9. The van der Waals surface area contributed by atoms with Crippen LogP contribution < -0.4 is 26.6 Å². The fraction of sp³-hybridized carbons (Fsp3) is 0.676. The van der Waals surface area contributed by atoms with Crippen molar-refractivity contribution in [1.29, 1.82) is 0 Å². The Morgan fingerprint density at radius 1 is 0.623 bits per heavy atom. The average molecular weight is 758 g/mol. The topological polar surface area (TPSA) is 181 Å². The molecule has 300 valence electrons. The Balaban J connectivity index is 3.31. The first-order valence-corrected chi connectivity index (χ1v) is 17.9. The first kappa shape index (κ1) is 46.7. The monoisotopic (exact) mass is 757 g/mol. The van der Waals surface area contributed by atoms with E-state index in [1.165, 1.54) is 0 Å². The quantitative estimate of drug-likeness (QED) is 0.120. The Labute approximate surface area is 310 Å². The SMILES string of the molecule is COC(=O)[C@H](CC(C)C)NC(=O)[C@H](CC(C)C)NC(=O)[C@@](C)(NC(=O)[C@H](CC(C)C)NC(=O)[C@H](CC(C)C)NC(=O)OCc1ccccc1)C(F)(F)F. The van der Waals surface area contributed by atoms with Crippen molar-refractivity contribution in [2.45, 2.75) is 130 Å². The maximum Gasteiger partial charge on any atom is 0.420 e. The smallest absolute Gasteiger partial charge is 0.420 e. The van der Waals surface area contributed by atoms with Crippen molar-refractivity contribution in [3.8, 4) is 0 Å². The minimum Gasteiger partial charge on any atom is -0.467 e. The van der Waals surface area contributed by atoms with Crippen LogP contribution in [0.4, 0.5) is 18.0 Å². The Kier molecular flexibility index (Phi) is 18.8. The number of hydrogen-bond acceptors (Lipinski definition) is 8. The molecule has 5 N–H and O–H groups in total. The van der Waals surface area contributed by atoms with Crippen LogP contribution in [0.5, 0.6) is 0 Å². The maximum atomic E-state index is 14.7. The Hall–Kier alpha value is -4.37. The molecular formula is C37H58F3N5O8. The number of alkyl carbamates (subject to hydrolysis) is 1. The lowest BCUT2D eigenvalue weighted by Gasteiger charge is -2.35. The van der Waals surface area contributed by atoms with E-state index in [9.17, 15) is 41.9 Å². The van der Waals surface area contributed by atoms with E-state index in [4.69, 9.17) is 9.47 Å². The third-order valence-electron chi connectivity index (χ3n) is 8.10. The van der Waals surface area contributed by atoms with Crippen LogP contribution in [0.2, 0.25) is 0 Å². The standard InChI is InChI=1S/C37H58F3N5O8/c1-21(2)16-26(30(46)42-29(19-24(7)8)33(49)52-10)43-34(50)36(9,37(38,39)40)45-32(48)28(18-23(5)6)41-31(47)27(17-22(3)4)44-35(51)53-20-25-14-12-11-13-15-25/h11-15,21-24,26-29H,16-20H2,1-10H3,(H,41,47)(H,42,46)(H,43,50)(H,44,51)(H,45,48)/t26-,27-,28-,29-,36+/m0/s1. The van der Waals surface area contributed by atoms with Crippen LogP contribution in [-0.4, -0.2) is 78.7 Å². The van der Waals surface area contributed by atoms with Gasteiger partial charge < -0.3 is 36.1 Å². The molecule has 0 aliphatic rings. The molecular weight excluding hydrogens is 699 g/mol. The van der Waals surface area contributed by atoms with Gasteiger partial charge in [-0.25, -0.2) is 9.59 Å². The van der Waals surface area contributed by atoms with Crippen LogP contribution in [0.3, 0.4) is 0 Å². The summed E-state index contributed by atoms with van der Waals surface area (Å²) in [6.07, 6.45) is -6.22. The molecule has 0 unspecified atom stereocenters. The van der Waals surface area contributed by atoms with Crippen molar-refractivity contribution in [3.63, 3.8) is 0 Å². The molecule has 16 heteroatoms. The molecule has 0 bridgehead atoms. The molecule has 1 rings (SSSR count). The van der Waals surface area contributed by atoms with Gasteiger partial charge in [-0.3, -0.25) is 19.2 Å². The van der Waals surface area contributed by atoms with Gasteiger partial charge in [0.15, 0.2) is 0 Å². The van der Waals surface area contributed by atoms with Crippen LogP contribution in [0, 0.1) is 23.7 Å².